The molecule has 11 atom stereocenters. The van der Waals surface area contributed by atoms with Gasteiger partial charge in [0.05, 0.1) is 44.8 Å². The normalized spacial score (nSPS) is 23.4. The monoisotopic (exact) mass is 1280 g/mol. The van der Waals surface area contributed by atoms with Crippen LogP contribution >= 0.6 is 0 Å². The number of nitrogens with one attached hydrogen (secondary N) is 1. The van der Waals surface area contributed by atoms with Gasteiger partial charge in [0, 0.05) is 103 Å². The molecule has 14 nitrogen and oxygen atoms in total. The molecule has 2 saturated carbocycles. The number of hydrogen-bond donors (Lipinski definition) is 1. The van der Waals surface area contributed by atoms with E-state index < -0.39 is 0 Å². The Kier molecular flexibility index (Phi) is 27.8. The predicted molar refractivity (Wildman–Crippen MR) is 387 cm³/mol. The van der Waals surface area contributed by atoms with Gasteiger partial charge in [-0.2, -0.15) is 0 Å². The first-order chi connectivity index (χ1) is 45.3. The number of piperidine rings is 4. The summed E-state index contributed by atoms with van der Waals surface area (Å²) in [5, 5.41) is 3.51. The Hall–Kier alpha value is -6.84. The highest BCUT2D eigenvalue weighted by Gasteiger charge is 2.71. The van der Waals surface area contributed by atoms with Crippen LogP contribution in [0, 0.1) is 65.2 Å². The molecule has 2 aliphatic carbocycles. The number of aryl methyl sites for hydroxylation is 6. The van der Waals surface area contributed by atoms with Gasteiger partial charge < -0.3 is 39.0 Å². The number of rotatable bonds is 26. The number of para-hydroxylation sites is 1. The van der Waals surface area contributed by atoms with Gasteiger partial charge in [-0.1, -0.05) is 108 Å². The lowest BCUT2D eigenvalue weighted by atomic mass is 9.71. The summed E-state index contributed by atoms with van der Waals surface area (Å²) in [6, 6.07) is 38.7. The van der Waals surface area contributed by atoms with Gasteiger partial charge in [-0.25, -0.2) is 0 Å². The fourth-order valence-corrected chi connectivity index (χ4v) is 15.3. The lowest BCUT2D eigenvalue weighted by Crippen LogP contribution is -2.58. The van der Waals surface area contributed by atoms with Crippen molar-refractivity contribution >= 4 is 29.6 Å². The molecule has 5 aromatic carbocycles. The fraction of sp³-hybridized carbons (Fsp3) is 0.550. The highest BCUT2D eigenvalue weighted by molar-refractivity contribution is 5.98. The van der Waals surface area contributed by atoms with Gasteiger partial charge in [-0.3, -0.25) is 29.4 Å². The molecule has 510 valence electrons. The van der Waals surface area contributed by atoms with Crippen molar-refractivity contribution in [2.45, 2.75) is 155 Å². The third kappa shape index (κ3) is 19.9. The van der Waals surface area contributed by atoms with Crippen molar-refractivity contribution in [1.29, 1.82) is 0 Å². The van der Waals surface area contributed by atoms with E-state index in [4.69, 9.17) is 18.9 Å². The smallest absolute Gasteiger partial charge is 0.223 e. The van der Waals surface area contributed by atoms with Crippen LogP contribution in [-0.2, 0) is 9.53 Å². The van der Waals surface area contributed by atoms with Crippen LogP contribution in [-0.4, -0.2) is 181 Å². The number of hydrogen-bond acceptors (Lipinski definition) is 11. The van der Waals surface area contributed by atoms with E-state index in [0.29, 0.717) is 55.4 Å². The molecular formula is C80H114N8O6. The number of ether oxygens (including phenoxy) is 4. The van der Waals surface area contributed by atoms with Crippen molar-refractivity contribution in [3.63, 3.8) is 0 Å². The van der Waals surface area contributed by atoms with Crippen molar-refractivity contribution in [3.05, 3.63) is 166 Å². The van der Waals surface area contributed by atoms with E-state index in [2.05, 4.69) is 171 Å². The average Bonchev–Trinajstić information content (AvgIpc) is 1.51. The molecule has 14 heteroatoms. The quantitative estimate of drug-likeness (QED) is 0.0142. The number of amides is 1. The number of fused-ring (bicyclic) bond motifs is 4. The van der Waals surface area contributed by atoms with E-state index in [-0.39, 0.29) is 17.9 Å². The summed E-state index contributed by atoms with van der Waals surface area (Å²) in [6.07, 6.45) is 18.6. The lowest BCUT2D eigenvalue weighted by Gasteiger charge is -2.52. The standard InChI is InChI=1S/C30H38N2O2.C24H35NO2.C16H19NO.C10H22N4O/c1-4-23-20-32-15-13-24(23)19-28(32)30(26-12-14-31-27-9-6-5-8-25(26)27)34-17-7-16-33-29-11-10-21(2)18-22(29)3;1-19-9-11-23(21(3)17-19)26-15-7-5-13-25-14-6-8-16-27-24-12-10-20(2)18-22(24)4;1-17-14-8-7-13-9-12(10-16(13,14)17)15(18)11-5-3-2-4-6-11;1-12(2)9(15)7-8-11-10(13(3)4)14(5)6/h4-6,8-11,14,18,23-24,26,28,30H,1,7,12-13,15-17,19-20H2,2-3H3;9-12,17-18,25H,5-8,13-16H2,1-4H3;2-6,12-14H,7-10H2,1H3;7-8H2,1-6H3. The topological polar surface area (TPSA) is 124 Å². The molecule has 5 aliphatic heterocycles. The number of likely N-dealkylation sites (tertiary alicyclic amines) is 1. The van der Waals surface area contributed by atoms with Gasteiger partial charge in [-0.15, -0.1) is 6.58 Å². The molecule has 11 unspecified atom stereocenters. The van der Waals surface area contributed by atoms with E-state index >= 15 is 0 Å². The van der Waals surface area contributed by atoms with Crippen LogP contribution in [0.4, 0.5) is 5.69 Å². The van der Waals surface area contributed by atoms with Crippen LogP contribution in [0.25, 0.3) is 0 Å². The zero-order valence-electron chi connectivity index (χ0n) is 59.5. The first-order valence-corrected chi connectivity index (χ1v) is 35.1. The molecule has 0 radical (unpaired) electrons. The molecule has 6 fully saturated rings. The molecule has 1 N–H and O–H groups in total. The van der Waals surface area contributed by atoms with E-state index in [9.17, 15) is 9.59 Å². The van der Waals surface area contributed by atoms with Crippen molar-refractivity contribution < 1.29 is 28.5 Å². The Morgan fingerprint density at radius 2 is 1.27 bits per heavy atom. The molecule has 2 bridgehead atoms. The van der Waals surface area contributed by atoms with Crippen molar-refractivity contribution in [2.75, 3.05) is 108 Å². The molecule has 0 aromatic heterocycles. The molecule has 1 amide bonds. The third-order valence-electron chi connectivity index (χ3n) is 20.3. The molecule has 5 heterocycles. The maximum atomic E-state index is 12.5. The molecule has 1 spiro atoms. The van der Waals surface area contributed by atoms with Gasteiger partial charge in [0.2, 0.25) is 5.91 Å². The summed E-state index contributed by atoms with van der Waals surface area (Å²) in [6.45, 7) is 24.7. The van der Waals surface area contributed by atoms with Gasteiger partial charge in [0.15, 0.2) is 11.7 Å². The number of guanidine groups is 1. The van der Waals surface area contributed by atoms with Crippen LogP contribution in [0.15, 0.2) is 132 Å². The third-order valence-corrected chi connectivity index (χ3v) is 20.3. The summed E-state index contributed by atoms with van der Waals surface area (Å²) < 4.78 is 24.6. The number of carbonyl (C=O) groups excluding carboxylic acids is 2. The first kappa shape index (κ1) is 73.0. The number of aliphatic imine (C=N–C) groups is 2. The number of ketones is 1. The van der Waals surface area contributed by atoms with Gasteiger partial charge in [-0.05, 0) is 203 Å². The predicted octanol–water partition coefficient (Wildman–Crippen LogP) is 14.5. The molecular weight excluding hydrogens is 1170 g/mol. The van der Waals surface area contributed by atoms with E-state index in [1.54, 1.807) is 19.0 Å². The van der Waals surface area contributed by atoms with E-state index in [1.165, 1.54) is 71.2 Å². The van der Waals surface area contributed by atoms with Crippen LogP contribution in [0.3, 0.4) is 0 Å². The maximum absolute atomic E-state index is 12.5. The summed E-state index contributed by atoms with van der Waals surface area (Å²) >= 11 is 0. The van der Waals surface area contributed by atoms with Crippen molar-refractivity contribution in [1.82, 2.24) is 29.8 Å². The van der Waals surface area contributed by atoms with Gasteiger partial charge in [0.25, 0.3) is 0 Å². The van der Waals surface area contributed by atoms with Crippen LogP contribution in [0.2, 0.25) is 0 Å². The van der Waals surface area contributed by atoms with Gasteiger partial charge in [0.1, 0.15) is 17.2 Å². The van der Waals surface area contributed by atoms with Crippen molar-refractivity contribution in [3.8, 4) is 17.2 Å². The minimum Gasteiger partial charge on any atom is -0.493 e. The summed E-state index contributed by atoms with van der Waals surface area (Å²) in [7, 11) is 13.5. The molecule has 94 heavy (non-hydrogen) atoms. The number of nitrogens with zero attached hydrogens (tertiary/aromatic N) is 7. The molecule has 4 saturated heterocycles. The molecule has 5 aromatic rings. The Labute approximate surface area is 565 Å². The zero-order chi connectivity index (χ0) is 67.3. The highest BCUT2D eigenvalue weighted by Crippen LogP contribution is 2.64. The largest absolute Gasteiger partial charge is 0.493 e. The Morgan fingerprint density at radius 3 is 1.79 bits per heavy atom. The van der Waals surface area contributed by atoms with Crippen LogP contribution < -0.4 is 19.5 Å². The van der Waals surface area contributed by atoms with Crippen molar-refractivity contribution in [2.24, 2.45) is 33.7 Å². The first-order valence-electron chi connectivity index (χ1n) is 35.1. The van der Waals surface area contributed by atoms with E-state index in [0.717, 1.165) is 137 Å². The minimum absolute atomic E-state index is 0.107. The van der Waals surface area contributed by atoms with Gasteiger partial charge >= 0.3 is 0 Å². The summed E-state index contributed by atoms with van der Waals surface area (Å²) in [4.78, 5) is 43.5. The lowest BCUT2D eigenvalue weighted by molar-refractivity contribution is -0.128. The van der Waals surface area contributed by atoms with E-state index in [1.807, 2.05) is 68.3 Å². The second-order valence-electron chi connectivity index (χ2n) is 27.9. The Bertz CT molecular complexity index is 3200. The minimum atomic E-state index is 0.107. The average molecular weight is 1280 g/mol. The van der Waals surface area contributed by atoms with Crippen LogP contribution in [0.5, 0.6) is 17.2 Å². The van der Waals surface area contributed by atoms with Crippen LogP contribution in [0.1, 0.15) is 139 Å². The maximum Gasteiger partial charge on any atom is 0.223 e. The molecule has 12 rings (SSSR count). The number of likely N-dealkylation sites (N-methyl/N-ethyl adjacent to an activating group) is 1. The summed E-state index contributed by atoms with van der Waals surface area (Å²) in [5.41, 5.74) is 11.2. The number of unbranched alkanes of at least 4 members (excludes halogenated alkanes) is 2. The highest BCUT2D eigenvalue weighted by atomic mass is 16.5. The second kappa shape index (κ2) is 35.8. The number of Topliss-reactive ketones (excluding diaryl/α,β-unsaturated/α-hetero) is 1. The second-order valence-corrected chi connectivity index (χ2v) is 27.9. The summed E-state index contributed by atoms with van der Waals surface area (Å²) in [5.74, 6) is 7.11. The fourth-order valence-electron chi connectivity index (χ4n) is 15.3. The Balaban J connectivity index is 0.000000169. The number of carbonyl (C=O) groups is 2. The Morgan fingerprint density at radius 1 is 0.691 bits per heavy atom. The number of benzene rings is 5. The SMILES string of the molecule is C=CC1CN2CCC1CC2C(OCCCOc1ccc(C)cc1C)C1CC=Nc2ccccc21.CN(C)C(=O)CCN=C(N(C)C)N(C)C.CN1C2CCC3CC(C(=O)c4ccccc4)CC321.Cc1ccc(OCCCCNCCCCOc2ccc(C)cc2C)c(C)c1. The molecule has 7 aliphatic rings. The zero-order valence-corrected chi connectivity index (χ0v) is 59.5.